The number of aromatic hydroxyl groups is 1. The molecule has 1 aromatic heterocycles. The van der Waals surface area contributed by atoms with Crippen molar-refractivity contribution in [2.45, 2.75) is 26.2 Å². The van der Waals surface area contributed by atoms with E-state index in [-0.39, 0.29) is 22.7 Å². The van der Waals surface area contributed by atoms with Crippen molar-refractivity contribution < 1.29 is 5.11 Å². The van der Waals surface area contributed by atoms with Gasteiger partial charge in [0.15, 0.2) is 5.75 Å². The number of nitrogens with zero attached hydrogens (tertiary/aromatic N) is 2. The minimum Gasteiger partial charge on any atom is -0.504 e. The molecule has 0 fully saturated rings. The van der Waals surface area contributed by atoms with E-state index in [0.717, 1.165) is 0 Å². The minimum atomic E-state index is -0.254. The van der Waals surface area contributed by atoms with Crippen molar-refractivity contribution in [3.05, 3.63) is 17.7 Å². The maximum Gasteiger partial charge on any atom is 0.163 e. The molecule has 0 amide bonds. The third kappa shape index (κ3) is 1.99. The molecule has 4 N–H and O–H groups in total. The monoisotopic (exact) mass is 194 g/mol. The van der Waals surface area contributed by atoms with Gasteiger partial charge in [-0.3, -0.25) is 5.41 Å². The molecule has 0 radical (unpaired) electrons. The molecular formula is C9H14N4O. The van der Waals surface area contributed by atoms with E-state index in [0.29, 0.717) is 5.82 Å². The number of hydrogen-bond donors (Lipinski definition) is 3. The van der Waals surface area contributed by atoms with Crippen molar-refractivity contribution in [1.29, 1.82) is 5.41 Å². The van der Waals surface area contributed by atoms with Gasteiger partial charge in [-0.2, -0.15) is 0 Å². The van der Waals surface area contributed by atoms with E-state index in [1.165, 1.54) is 6.20 Å². The van der Waals surface area contributed by atoms with Crippen LogP contribution in [0.1, 0.15) is 32.3 Å². The number of nitrogen functional groups attached to an aromatic ring is 1. The Morgan fingerprint density at radius 3 is 2.50 bits per heavy atom. The van der Waals surface area contributed by atoms with E-state index >= 15 is 0 Å². The summed E-state index contributed by atoms with van der Waals surface area (Å²) in [4.78, 5) is 8.01. The molecule has 0 aliphatic heterocycles. The lowest BCUT2D eigenvalue weighted by Crippen LogP contribution is -2.20. The molecule has 0 bridgehead atoms. The summed E-state index contributed by atoms with van der Waals surface area (Å²) in [5.41, 5.74) is 5.12. The van der Waals surface area contributed by atoms with E-state index in [1.807, 2.05) is 20.8 Å². The molecule has 0 atom stereocenters. The molecule has 0 aliphatic carbocycles. The summed E-state index contributed by atoms with van der Waals surface area (Å²) in [6.07, 6.45) is 1.27. The summed E-state index contributed by atoms with van der Waals surface area (Å²) in [6.45, 7) is 5.84. The van der Waals surface area contributed by atoms with Crippen LogP contribution in [0, 0.1) is 5.41 Å². The fourth-order valence-corrected chi connectivity index (χ4v) is 0.935. The van der Waals surface area contributed by atoms with Crippen LogP contribution in [0.3, 0.4) is 0 Å². The molecule has 0 spiro atoms. The van der Waals surface area contributed by atoms with Gasteiger partial charge in [0.1, 0.15) is 17.4 Å². The van der Waals surface area contributed by atoms with Crippen LogP contribution in [0.5, 0.6) is 5.75 Å². The van der Waals surface area contributed by atoms with Crippen molar-refractivity contribution >= 4 is 5.84 Å². The molecule has 5 nitrogen and oxygen atoms in total. The number of nitrogens with one attached hydrogen (secondary N) is 1. The van der Waals surface area contributed by atoms with Gasteiger partial charge in [0.2, 0.25) is 0 Å². The first-order chi connectivity index (χ1) is 6.32. The second-order valence-corrected chi connectivity index (χ2v) is 4.09. The quantitative estimate of drug-likeness (QED) is 0.454. The molecule has 0 saturated carbocycles. The number of aromatic nitrogens is 2. The standard InChI is InChI=1S/C9H14N4O/c1-9(2,3)8-12-4-5(14)6(13-8)7(10)11/h4,14H,1-3H3,(H3,10,11). The van der Waals surface area contributed by atoms with E-state index in [9.17, 15) is 5.11 Å². The van der Waals surface area contributed by atoms with Crippen LogP contribution < -0.4 is 5.73 Å². The smallest absolute Gasteiger partial charge is 0.163 e. The number of nitrogens with two attached hydrogens (primary N) is 1. The zero-order valence-corrected chi connectivity index (χ0v) is 8.50. The van der Waals surface area contributed by atoms with E-state index in [1.54, 1.807) is 0 Å². The largest absolute Gasteiger partial charge is 0.504 e. The summed E-state index contributed by atoms with van der Waals surface area (Å²) < 4.78 is 0. The minimum absolute atomic E-state index is 0.0879. The van der Waals surface area contributed by atoms with Crippen LogP contribution >= 0.6 is 0 Å². The Bertz CT molecular complexity index is 368. The van der Waals surface area contributed by atoms with Gasteiger partial charge in [-0.25, -0.2) is 9.97 Å². The normalized spacial score (nSPS) is 11.4. The molecule has 1 aromatic rings. The van der Waals surface area contributed by atoms with Crippen molar-refractivity contribution in [1.82, 2.24) is 9.97 Å². The Hall–Kier alpha value is -1.65. The number of hydrogen-bond acceptors (Lipinski definition) is 4. The average Bonchev–Trinajstić information content (AvgIpc) is 2.02. The Kier molecular flexibility index (Phi) is 2.42. The lowest BCUT2D eigenvalue weighted by Gasteiger charge is -2.16. The van der Waals surface area contributed by atoms with E-state index < -0.39 is 0 Å². The zero-order chi connectivity index (χ0) is 10.9. The summed E-state index contributed by atoms with van der Waals surface area (Å²) in [5, 5.41) is 16.5. The van der Waals surface area contributed by atoms with E-state index in [4.69, 9.17) is 11.1 Å². The molecule has 0 aliphatic rings. The van der Waals surface area contributed by atoms with Gasteiger partial charge in [0.25, 0.3) is 0 Å². The first-order valence-corrected chi connectivity index (χ1v) is 4.23. The van der Waals surface area contributed by atoms with Gasteiger partial charge >= 0.3 is 0 Å². The average molecular weight is 194 g/mol. The maximum atomic E-state index is 9.33. The molecule has 1 rings (SSSR count). The Morgan fingerprint density at radius 2 is 2.07 bits per heavy atom. The highest BCUT2D eigenvalue weighted by Gasteiger charge is 2.19. The second kappa shape index (κ2) is 3.25. The van der Waals surface area contributed by atoms with Crippen molar-refractivity contribution in [2.24, 2.45) is 5.73 Å². The maximum absolute atomic E-state index is 9.33. The zero-order valence-electron chi connectivity index (χ0n) is 8.50. The van der Waals surface area contributed by atoms with Gasteiger partial charge < -0.3 is 10.8 Å². The summed E-state index contributed by atoms with van der Waals surface area (Å²) in [5.74, 6) is 0.140. The van der Waals surface area contributed by atoms with Gasteiger partial charge in [-0.1, -0.05) is 20.8 Å². The summed E-state index contributed by atoms with van der Waals surface area (Å²) in [6, 6.07) is 0. The van der Waals surface area contributed by atoms with Crippen LogP contribution in [0.2, 0.25) is 0 Å². The highest BCUT2D eigenvalue weighted by Crippen LogP contribution is 2.21. The van der Waals surface area contributed by atoms with Crippen LogP contribution in [0.4, 0.5) is 0 Å². The van der Waals surface area contributed by atoms with Gasteiger partial charge in [0, 0.05) is 5.41 Å². The third-order valence-electron chi connectivity index (χ3n) is 1.70. The third-order valence-corrected chi connectivity index (χ3v) is 1.70. The SMILES string of the molecule is CC(C)(C)c1ncc(O)c(C(=N)N)n1. The Balaban J connectivity index is 3.27. The predicted molar refractivity (Wildman–Crippen MR) is 53.4 cm³/mol. The van der Waals surface area contributed by atoms with Crippen molar-refractivity contribution in [2.75, 3.05) is 0 Å². The topological polar surface area (TPSA) is 95.9 Å². The fourth-order valence-electron chi connectivity index (χ4n) is 0.935. The lowest BCUT2D eigenvalue weighted by atomic mass is 9.95. The molecule has 0 saturated heterocycles. The second-order valence-electron chi connectivity index (χ2n) is 4.09. The van der Waals surface area contributed by atoms with Crippen LogP contribution in [0.15, 0.2) is 6.20 Å². The lowest BCUT2D eigenvalue weighted by molar-refractivity contribution is 0.460. The highest BCUT2D eigenvalue weighted by molar-refractivity contribution is 5.95. The van der Waals surface area contributed by atoms with Gasteiger partial charge in [0.05, 0.1) is 6.20 Å². The first kappa shape index (κ1) is 10.4. The molecule has 1 heterocycles. The first-order valence-electron chi connectivity index (χ1n) is 4.23. The highest BCUT2D eigenvalue weighted by atomic mass is 16.3. The molecule has 0 unspecified atom stereocenters. The van der Waals surface area contributed by atoms with Gasteiger partial charge in [-0.05, 0) is 0 Å². The molecule has 5 heteroatoms. The van der Waals surface area contributed by atoms with Crippen molar-refractivity contribution in [3.63, 3.8) is 0 Å². The summed E-state index contributed by atoms with van der Waals surface area (Å²) in [7, 11) is 0. The predicted octanol–water partition coefficient (Wildman–Crippen LogP) is 0.764. The number of rotatable bonds is 1. The number of amidine groups is 1. The van der Waals surface area contributed by atoms with Crippen LogP contribution in [0.25, 0.3) is 0 Å². The van der Waals surface area contributed by atoms with Crippen LogP contribution in [-0.4, -0.2) is 20.9 Å². The van der Waals surface area contributed by atoms with Crippen LogP contribution in [-0.2, 0) is 5.41 Å². The fraction of sp³-hybridized carbons (Fsp3) is 0.444. The Labute approximate surface area is 82.5 Å². The molecule has 14 heavy (non-hydrogen) atoms. The van der Waals surface area contributed by atoms with Crippen molar-refractivity contribution in [3.8, 4) is 5.75 Å². The van der Waals surface area contributed by atoms with Gasteiger partial charge in [-0.15, -0.1) is 0 Å². The van der Waals surface area contributed by atoms with E-state index in [2.05, 4.69) is 9.97 Å². The molecule has 76 valence electrons. The molecule has 0 aromatic carbocycles. The molecular weight excluding hydrogens is 180 g/mol. The Morgan fingerprint density at radius 1 is 1.50 bits per heavy atom. The summed E-state index contributed by atoms with van der Waals surface area (Å²) >= 11 is 0.